The summed E-state index contributed by atoms with van der Waals surface area (Å²) < 4.78 is 10.5. The Balaban J connectivity index is 1.67. The molecule has 0 saturated carbocycles. The van der Waals surface area contributed by atoms with Crippen LogP contribution in [-0.2, 0) is 17.8 Å². The van der Waals surface area contributed by atoms with E-state index in [9.17, 15) is 4.79 Å². The molecule has 0 aromatic carbocycles. The summed E-state index contributed by atoms with van der Waals surface area (Å²) in [5.41, 5.74) is 0. The highest BCUT2D eigenvalue weighted by Crippen LogP contribution is 2.06. The van der Waals surface area contributed by atoms with Crippen LogP contribution < -0.4 is 10.6 Å². The summed E-state index contributed by atoms with van der Waals surface area (Å²) in [6.45, 7) is 4.35. The maximum absolute atomic E-state index is 12.0. The van der Waals surface area contributed by atoms with Gasteiger partial charge < -0.3 is 19.5 Å². The van der Waals surface area contributed by atoms with Gasteiger partial charge in [-0.25, -0.2) is 0 Å². The van der Waals surface area contributed by atoms with Gasteiger partial charge in [0.1, 0.15) is 11.5 Å². The predicted octanol–water partition coefficient (Wildman–Crippen LogP) is 2.49. The first kappa shape index (κ1) is 15.4. The first-order chi connectivity index (χ1) is 10.1. The summed E-state index contributed by atoms with van der Waals surface area (Å²) in [5, 5.41) is 6.13. The molecule has 0 aliphatic rings. The summed E-state index contributed by atoms with van der Waals surface area (Å²) in [5.74, 6) is 1.69. The van der Waals surface area contributed by atoms with Crippen molar-refractivity contribution in [3.8, 4) is 0 Å². The number of hydrogen-bond donors (Lipinski definition) is 2. The van der Waals surface area contributed by atoms with Gasteiger partial charge in [0, 0.05) is 12.5 Å². The zero-order valence-corrected chi connectivity index (χ0v) is 12.5. The predicted molar refractivity (Wildman–Crippen MR) is 79.6 cm³/mol. The minimum Gasteiger partial charge on any atom is -0.469 e. The molecule has 2 aromatic rings. The quantitative estimate of drug-likeness (QED) is 0.784. The van der Waals surface area contributed by atoms with Gasteiger partial charge >= 0.3 is 0 Å². The molecule has 114 valence electrons. The lowest BCUT2D eigenvalue weighted by atomic mass is 10.1. The van der Waals surface area contributed by atoms with Gasteiger partial charge in [0.25, 0.3) is 0 Å². The molecule has 5 heteroatoms. The molecular formula is C16H22N2O3. The number of carbonyl (C=O) groups is 1. The largest absolute Gasteiger partial charge is 0.469 e. The minimum absolute atomic E-state index is 0.0313. The maximum Gasteiger partial charge on any atom is 0.237 e. The summed E-state index contributed by atoms with van der Waals surface area (Å²) >= 11 is 0. The maximum atomic E-state index is 12.0. The normalized spacial score (nSPS) is 13.8. The summed E-state index contributed by atoms with van der Waals surface area (Å²) in [4.78, 5) is 12.0. The number of hydrogen-bond acceptors (Lipinski definition) is 4. The fourth-order valence-corrected chi connectivity index (χ4v) is 2.14. The van der Waals surface area contributed by atoms with Gasteiger partial charge in [0.2, 0.25) is 5.91 Å². The van der Waals surface area contributed by atoms with Crippen LogP contribution in [0.3, 0.4) is 0 Å². The topological polar surface area (TPSA) is 67.4 Å². The Morgan fingerprint density at radius 2 is 1.81 bits per heavy atom. The summed E-state index contributed by atoms with van der Waals surface area (Å²) in [6, 6.07) is 7.49. The van der Waals surface area contributed by atoms with E-state index in [1.165, 1.54) is 0 Å². The third-order valence-electron chi connectivity index (χ3n) is 3.35. The van der Waals surface area contributed by atoms with Crippen molar-refractivity contribution in [1.29, 1.82) is 0 Å². The number of carbonyl (C=O) groups excluding carboxylic acids is 1. The van der Waals surface area contributed by atoms with E-state index in [4.69, 9.17) is 8.83 Å². The van der Waals surface area contributed by atoms with E-state index in [1.807, 2.05) is 25.1 Å². The Morgan fingerprint density at radius 3 is 2.43 bits per heavy atom. The number of nitrogens with one attached hydrogen (secondary N) is 2. The van der Waals surface area contributed by atoms with Crippen molar-refractivity contribution < 1.29 is 13.6 Å². The van der Waals surface area contributed by atoms with Crippen molar-refractivity contribution in [1.82, 2.24) is 10.6 Å². The molecule has 0 saturated heterocycles. The van der Waals surface area contributed by atoms with E-state index >= 15 is 0 Å². The van der Waals surface area contributed by atoms with Crippen molar-refractivity contribution in [2.75, 3.05) is 0 Å². The number of aryl methyl sites for hydroxylation is 1. The van der Waals surface area contributed by atoms with Crippen LogP contribution in [0.25, 0.3) is 0 Å². The van der Waals surface area contributed by atoms with E-state index in [0.29, 0.717) is 6.54 Å². The van der Waals surface area contributed by atoms with E-state index in [2.05, 4.69) is 17.6 Å². The molecule has 2 atom stereocenters. The average molecular weight is 290 g/mol. The van der Waals surface area contributed by atoms with E-state index in [0.717, 1.165) is 24.4 Å². The molecule has 2 unspecified atom stereocenters. The minimum atomic E-state index is -0.244. The molecule has 5 nitrogen and oxygen atoms in total. The van der Waals surface area contributed by atoms with E-state index < -0.39 is 0 Å². The third kappa shape index (κ3) is 5.11. The van der Waals surface area contributed by atoms with Crippen LogP contribution in [0.15, 0.2) is 45.6 Å². The lowest BCUT2D eigenvalue weighted by molar-refractivity contribution is -0.123. The standard InChI is InChI=1S/C16H22N2O3/c1-12(7-8-14-5-3-9-20-14)18-13(2)16(19)17-11-15-6-4-10-21-15/h3-6,9-10,12-13,18H,7-8,11H2,1-2H3,(H,17,19). The molecule has 0 bridgehead atoms. The van der Waals surface area contributed by atoms with Crippen LogP contribution in [0.1, 0.15) is 31.8 Å². The summed E-state index contributed by atoms with van der Waals surface area (Å²) in [6.07, 6.45) is 5.06. The number of amides is 1. The zero-order valence-electron chi connectivity index (χ0n) is 12.5. The van der Waals surface area contributed by atoms with Crippen molar-refractivity contribution in [3.63, 3.8) is 0 Å². The second kappa shape index (κ2) is 7.69. The van der Waals surface area contributed by atoms with Gasteiger partial charge in [0.15, 0.2) is 0 Å². The molecule has 2 rings (SSSR count). The van der Waals surface area contributed by atoms with Gasteiger partial charge in [-0.05, 0) is 44.5 Å². The molecular weight excluding hydrogens is 268 g/mol. The van der Waals surface area contributed by atoms with Crippen molar-refractivity contribution >= 4 is 5.91 Å². The van der Waals surface area contributed by atoms with Crippen LogP contribution in [-0.4, -0.2) is 18.0 Å². The van der Waals surface area contributed by atoms with Crippen LogP contribution in [0.5, 0.6) is 0 Å². The van der Waals surface area contributed by atoms with Crippen molar-refractivity contribution in [2.45, 2.75) is 45.3 Å². The second-order valence-electron chi connectivity index (χ2n) is 5.20. The van der Waals surface area contributed by atoms with Gasteiger partial charge in [-0.2, -0.15) is 0 Å². The molecule has 0 radical (unpaired) electrons. The molecule has 1 amide bonds. The van der Waals surface area contributed by atoms with Crippen LogP contribution in [0, 0.1) is 0 Å². The molecule has 0 aliphatic carbocycles. The lowest BCUT2D eigenvalue weighted by Gasteiger charge is -2.19. The Labute approximate surface area is 124 Å². The Bertz CT molecular complexity index is 520. The zero-order chi connectivity index (χ0) is 15.1. The fourth-order valence-electron chi connectivity index (χ4n) is 2.14. The summed E-state index contributed by atoms with van der Waals surface area (Å²) in [7, 11) is 0. The molecule has 2 N–H and O–H groups in total. The lowest BCUT2D eigenvalue weighted by Crippen LogP contribution is -2.45. The van der Waals surface area contributed by atoms with Crippen LogP contribution in [0.4, 0.5) is 0 Å². The Morgan fingerprint density at radius 1 is 1.14 bits per heavy atom. The van der Waals surface area contributed by atoms with Gasteiger partial charge in [0.05, 0.1) is 25.1 Å². The number of furan rings is 2. The van der Waals surface area contributed by atoms with Crippen LogP contribution >= 0.6 is 0 Å². The SMILES string of the molecule is CC(CCc1ccco1)NC(C)C(=O)NCc1ccco1. The van der Waals surface area contributed by atoms with Gasteiger partial charge in [-0.3, -0.25) is 4.79 Å². The Kier molecular flexibility index (Phi) is 5.63. The van der Waals surface area contributed by atoms with E-state index in [1.54, 1.807) is 18.6 Å². The highest BCUT2D eigenvalue weighted by atomic mass is 16.3. The van der Waals surface area contributed by atoms with Crippen molar-refractivity contribution in [2.24, 2.45) is 0 Å². The number of rotatable bonds is 8. The van der Waals surface area contributed by atoms with Gasteiger partial charge in [-0.1, -0.05) is 0 Å². The fraction of sp³-hybridized carbons (Fsp3) is 0.438. The first-order valence-corrected chi connectivity index (χ1v) is 7.23. The Hall–Kier alpha value is -2.01. The highest BCUT2D eigenvalue weighted by Gasteiger charge is 2.15. The third-order valence-corrected chi connectivity index (χ3v) is 3.35. The monoisotopic (exact) mass is 290 g/mol. The van der Waals surface area contributed by atoms with Crippen LogP contribution in [0.2, 0.25) is 0 Å². The van der Waals surface area contributed by atoms with E-state index in [-0.39, 0.29) is 18.0 Å². The smallest absolute Gasteiger partial charge is 0.237 e. The molecule has 2 heterocycles. The molecule has 2 aromatic heterocycles. The molecule has 0 spiro atoms. The molecule has 0 aliphatic heterocycles. The average Bonchev–Trinajstić information content (AvgIpc) is 3.15. The van der Waals surface area contributed by atoms with Crippen molar-refractivity contribution in [3.05, 3.63) is 48.3 Å². The first-order valence-electron chi connectivity index (χ1n) is 7.23. The molecule has 21 heavy (non-hydrogen) atoms. The van der Waals surface area contributed by atoms with Gasteiger partial charge in [-0.15, -0.1) is 0 Å². The molecule has 0 fully saturated rings. The highest BCUT2D eigenvalue weighted by molar-refractivity contribution is 5.81. The second-order valence-corrected chi connectivity index (χ2v) is 5.20.